The fraction of sp³-hybridized carbons (Fsp3) is 0.263. The van der Waals surface area contributed by atoms with Crippen molar-refractivity contribution in [2.75, 3.05) is 11.9 Å². The topological polar surface area (TPSA) is 76.7 Å². The molecule has 0 bridgehead atoms. The van der Waals surface area contributed by atoms with Gasteiger partial charge in [-0.05, 0) is 50.2 Å². The van der Waals surface area contributed by atoms with E-state index < -0.39 is 18.5 Å². The molecule has 0 aromatic heterocycles. The molecule has 144 valence electrons. The van der Waals surface area contributed by atoms with Crippen LogP contribution < -0.4 is 15.4 Å². The van der Waals surface area contributed by atoms with Crippen LogP contribution in [0.25, 0.3) is 0 Å². The number of amides is 1. The third kappa shape index (κ3) is 6.58. The zero-order valence-corrected chi connectivity index (χ0v) is 14.9. The number of benzene rings is 2. The first-order valence-corrected chi connectivity index (χ1v) is 8.23. The SMILES string of the molecule is CC(C)OC(=O)CNC(=O)c1ccccc1Nc1ccc(OC(F)F)cc1. The van der Waals surface area contributed by atoms with Crippen molar-refractivity contribution in [3.63, 3.8) is 0 Å². The van der Waals surface area contributed by atoms with Gasteiger partial charge in [-0.15, -0.1) is 0 Å². The van der Waals surface area contributed by atoms with Crippen LogP contribution in [0.4, 0.5) is 20.2 Å². The number of hydrogen-bond acceptors (Lipinski definition) is 5. The number of nitrogens with one attached hydrogen (secondary N) is 2. The number of hydrogen-bond donors (Lipinski definition) is 2. The lowest BCUT2D eigenvalue weighted by Gasteiger charge is -2.13. The van der Waals surface area contributed by atoms with Crippen LogP contribution in [0, 0.1) is 0 Å². The van der Waals surface area contributed by atoms with E-state index >= 15 is 0 Å². The van der Waals surface area contributed by atoms with Crippen LogP contribution in [-0.4, -0.2) is 31.1 Å². The average molecular weight is 378 g/mol. The minimum atomic E-state index is -2.89. The third-order valence-electron chi connectivity index (χ3n) is 3.29. The Kier molecular flexibility index (Phi) is 7.10. The van der Waals surface area contributed by atoms with Crippen LogP contribution >= 0.6 is 0 Å². The molecule has 0 heterocycles. The highest BCUT2D eigenvalue weighted by molar-refractivity contribution is 6.01. The van der Waals surface area contributed by atoms with E-state index in [1.165, 1.54) is 12.1 Å². The lowest BCUT2D eigenvalue weighted by molar-refractivity contribution is -0.146. The van der Waals surface area contributed by atoms with Gasteiger partial charge in [-0.2, -0.15) is 8.78 Å². The van der Waals surface area contributed by atoms with Gasteiger partial charge in [0.2, 0.25) is 0 Å². The van der Waals surface area contributed by atoms with Crippen molar-refractivity contribution in [2.24, 2.45) is 0 Å². The highest BCUT2D eigenvalue weighted by Gasteiger charge is 2.14. The molecule has 0 radical (unpaired) electrons. The summed E-state index contributed by atoms with van der Waals surface area (Å²) in [6, 6.07) is 12.6. The van der Waals surface area contributed by atoms with Crippen molar-refractivity contribution < 1.29 is 27.8 Å². The molecule has 0 saturated heterocycles. The van der Waals surface area contributed by atoms with E-state index in [1.54, 1.807) is 50.2 Å². The van der Waals surface area contributed by atoms with E-state index in [0.29, 0.717) is 16.9 Å². The van der Waals surface area contributed by atoms with E-state index in [9.17, 15) is 18.4 Å². The molecule has 2 aromatic carbocycles. The summed E-state index contributed by atoms with van der Waals surface area (Å²) in [7, 11) is 0. The standard InChI is InChI=1S/C19H20F2N2O4/c1-12(2)26-17(24)11-22-18(25)15-5-3-4-6-16(15)23-13-7-9-14(10-8-13)27-19(20)21/h3-10,12,19,23H,11H2,1-2H3,(H,22,25). The molecule has 1 amide bonds. The summed E-state index contributed by atoms with van der Waals surface area (Å²) < 4.78 is 33.6. The molecule has 2 aromatic rings. The maximum atomic E-state index is 12.4. The molecule has 0 fully saturated rings. The van der Waals surface area contributed by atoms with Crippen LogP contribution in [0.1, 0.15) is 24.2 Å². The molecule has 6 nitrogen and oxygen atoms in total. The third-order valence-corrected chi connectivity index (χ3v) is 3.29. The second-order valence-electron chi connectivity index (χ2n) is 5.79. The molecule has 2 N–H and O–H groups in total. The van der Waals surface area contributed by atoms with Gasteiger partial charge in [0.1, 0.15) is 12.3 Å². The number of anilines is 2. The Morgan fingerprint density at radius 2 is 1.70 bits per heavy atom. The van der Waals surface area contributed by atoms with Crippen molar-refractivity contribution in [3.05, 3.63) is 54.1 Å². The van der Waals surface area contributed by atoms with E-state index in [1.807, 2.05) is 0 Å². The largest absolute Gasteiger partial charge is 0.462 e. The number of ether oxygens (including phenoxy) is 2. The zero-order valence-electron chi connectivity index (χ0n) is 14.9. The van der Waals surface area contributed by atoms with E-state index in [4.69, 9.17) is 4.74 Å². The summed E-state index contributed by atoms with van der Waals surface area (Å²) in [6.45, 7) is 0.300. The van der Waals surface area contributed by atoms with Gasteiger partial charge in [-0.3, -0.25) is 9.59 Å². The monoisotopic (exact) mass is 378 g/mol. The van der Waals surface area contributed by atoms with E-state index in [2.05, 4.69) is 15.4 Å². The smallest absolute Gasteiger partial charge is 0.387 e. The van der Waals surface area contributed by atoms with Crippen LogP contribution in [0.15, 0.2) is 48.5 Å². The van der Waals surface area contributed by atoms with Crippen molar-refractivity contribution in [3.8, 4) is 5.75 Å². The number of esters is 1. The Morgan fingerprint density at radius 1 is 1.04 bits per heavy atom. The highest BCUT2D eigenvalue weighted by atomic mass is 19.3. The first-order valence-electron chi connectivity index (χ1n) is 8.23. The molecule has 2 rings (SSSR count). The first kappa shape index (κ1) is 20.2. The molecule has 0 aliphatic heterocycles. The molecular weight excluding hydrogens is 358 g/mol. The van der Waals surface area contributed by atoms with E-state index in [0.717, 1.165) is 0 Å². The summed E-state index contributed by atoms with van der Waals surface area (Å²) >= 11 is 0. The lowest BCUT2D eigenvalue weighted by atomic mass is 10.1. The molecular formula is C19H20F2N2O4. The minimum absolute atomic E-state index is 0.0326. The number of rotatable bonds is 8. The number of halogens is 2. The van der Waals surface area contributed by atoms with Gasteiger partial charge in [0.25, 0.3) is 5.91 Å². The second-order valence-corrected chi connectivity index (χ2v) is 5.79. The maximum Gasteiger partial charge on any atom is 0.387 e. The second kappa shape index (κ2) is 9.51. The summed E-state index contributed by atoms with van der Waals surface area (Å²) in [6.07, 6.45) is -0.264. The summed E-state index contributed by atoms with van der Waals surface area (Å²) in [5.41, 5.74) is 1.40. The molecule has 0 atom stereocenters. The predicted octanol–water partition coefficient (Wildman–Crippen LogP) is 3.71. The number of para-hydroxylation sites is 1. The van der Waals surface area contributed by atoms with Gasteiger partial charge in [0, 0.05) is 5.69 Å². The fourth-order valence-corrected chi connectivity index (χ4v) is 2.22. The Bertz CT molecular complexity index is 780. The molecule has 0 aliphatic carbocycles. The van der Waals surface area contributed by atoms with Crippen LogP contribution in [0.2, 0.25) is 0 Å². The molecule has 27 heavy (non-hydrogen) atoms. The lowest BCUT2D eigenvalue weighted by Crippen LogP contribution is -2.32. The minimum Gasteiger partial charge on any atom is -0.462 e. The van der Waals surface area contributed by atoms with E-state index in [-0.39, 0.29) is 18.4 Å². The average Bonchev–Trinajstić information content (AvgIpc) is 2.61. The summed E-state index contributed by atoms with van der Waals surface area (Å²) in [5, 5.41) is 5.54. The molecule has 0 saturated carbocycles. The molecule has 8 heteroatoms. The zero-order chi connectivity index (χ0) is 19.8. The first-order chi connectivity index (χ1) is 12.8. The van der Waals surface area contributed by atoms with Crippen molar-refractivity contribution in [1.82, 2.24) is 5.32 Å². The Labute approximate surface area is 155 Å². The van der Waals surface area contributed by atoms with Gasteiger partial charge >= 0.3 is 12.6 Å². The Balaban J connectivity index is 2.04. The van der Waals surface area contributed by atoms with Crippen LogP contribution in [-0.2, 0) is 9.53 Å². The highest BCUT2D eigenvalue weighted by Crippen LogP contribution is 2.23. The molecule has 0 aliphatic rings. The van der Waals surface area contributed by atoms with Gasteiger partial charge in [-0.25, -0.2) is 0 Å². The van der Waals surface area contributed by atoms with Crippen molar-refractivity contribution >= 4 is 23.3 Å². The van der Waals surface area contributed by atoms with Crippen LogP contribution in [0.3, 0.4) is 0 Å². The Hall–Kier alpha value is -3.16. The predicted molar refractivity (Wildman–Crippen MR) is 96.4 cm³/mol. The number of carbonyl (C=O) groups excluding carboxylic acids is 2. The van der Waals surface area contributed by atoms with Gasteiger partial charge in [0.05, 0.1) is 17.4 Å². The van der Waals surface area contributed by atoms with Crippen molar-refractivity contribution in [2.45, 2.75) is 26.6 Å². The summed E-state index contributed by atoms with van der Waals surface area (Å²) in [4.78, 5) is 23.9. The molecule has 0 unspecified atom stereocenters. The Morgan fingerprint density at radius 3 is 2.33 bits per heavy atom. The maximum absolute atomic E-state index is 12.4. The fourth-order valence-electron chi connectivity index (χ4n) is 2.22. The van der Waals surface area contributed by atoms with Crippen LogP contribution in [0.5, 0.6) is 5.75 Å². The summed E-state index contributed by atoms with van der Waals surface area (Å²) in [5.74, 6) is -0.944. The normalized spacial score (nSPS) is 10.6. The van der Waals surface area contributed by atoms with Crippen molar-refractivity contribution in [1.29, 1.82) is 0 Å². The number of carbonyl (C=O) groups is 2. The van der Waals surface area contributed by atoms with Gasteiger partial charge in [0.15, 0.2) is 0 Å². The van der Waals surface area contributed by atoms with Gasteiger partial charge in [-0.1, -0.05) is 12.1 Å². The molecule has 0 spiro atoms. The quantitative estimate of drug-likeness (QED) is 0.685. The van der Waals surface area contributed by atoms with Gasteiger partial charge < -0.3 is 20.1 Å². The number of alkyl halides is 2.